The first-order chi connectivity index (χ1) is 12.7. The van der Waals surface area contributed by atoms with E-state index in [9.17, 15) is 5.11 Å². The zero-order valence-corrected chi connectivity index (χ0v) is 15.0. The highest BCUT2D eigenvalue weighted by atomic mass is 16.3. The summed E-state index contributed by atoms with van der Waals surface area (Å²) in [5, 5.41) is 10.9. The van der Waals surface area contributed by atoms with Crippen molar-refractivity contribution in [1.82, 2.24) is 14.5 Å². The fraction of sp³-hybridized carbons (Fsp3) is 0.182. The van der Waals surface area contributed by atoms with Gasteiger partial charge in [0.2, 0.25) is 0 Å². The molecule has 0 fully saturated rings. The molecule has 0 bridgehead atoms. The van der Waals surface area contributed by atoms with Crippen LogP contribution >= 0.6 is 0 Å². The minimum atomic E-state index is 0.252. The lowest BCUT2D eigenvalue weighted by Gasteiger charge is -2.06. The molecule has 2 aromatic heterocycles. The molecule has 1 N–H and O–H groups in total. The van der Waals surface area contributed by atoms with Crippen LogP contribution in [0.15, 0.2) is 61.1 Å². The molecule has 4 heteroatoms. The minimum absolute atomic E-state index is 0.252. The predicted molar refractivity (Wildman–Crippen MR) is 105 cm³/mol. The summed E-state index contributed by atoms with van der Waals surface area (Å²) < 4.78 is 2.10. The maximum atomic E-state index is 9.88. The number of rotatable bonds is 4. The molecule has 26 heavy (non-hydrogen) atoms. The van der Waals surface area contributed by atoms with Gasteiger partial charge in [-0.25, -0.2) is 9.97 Å². The van der Waals surface area contributed by atoms with Crippen molar-refractivity contribution in [1.29, 1.82) is 0 Å². The molecule has 0 atom stereocenters. The van der Waals surface area contributed by atoms with Crippen LogP contribution in [-0.4, -0.2) is 19.6 Å². The molecule has 0 unspecified atom stereocenters. The molecule has 0 amide bonds. The van der Waals surface area contributed by atoms with Gasteiger partial charge in [0, 0.05) is 22.8 Å². The lowest BCUT2D eigenvalue weighted by atomic mass is 10.0. The first kappa shape index (κ1) is 16.3. The number of hydrogen-bond donors (Lipinski definition) is 1. The Bertz CT molecular complexity index is 1060. The Labute approximate surface area is 152 Å². The number of aromatic nitrogens is 3. The van der Waals surface area contributed by atoms with Gasteiger partial charge in [-0.15, -0.1) is 0 Å². The van der Waals surface area contributed by atoms with Gasteiger partial charge >= 0.3 is 0 Å². The predicted octanol–water partition coefficient (Wildman–Crippen LogP) is 5.05. The quantitative estimate of drug-likeness (QED) is 0.564. The van der Waals surface area contributed by atoms with E-state index in [1.54, 1.807) is 18.5 Å². The van der Waals surface area contributed by atoms with Crippen molar-refractivity contribution in [2.45, 2.75) is 26.7 Å². The van der Waals surface area contributed by atoms with Crippen molar-refractivity contribution in [3.05, 3.63) is 72.3 Å². The Kier molecular flexibility index (Phi) is 4.17. The summed E-state index contributed by atoms with van der Waals surface area (Å²) in [6.45, 7) is 4.18. The molecule has 4 rings (SSSR count). The van der Waals surface area contributed by atoms with Gasteiger partial charge in [-0.05, 0) is 48.7 Å². The Balaban J connectivity index is 1.92. The molecule has 2 heterocycles. The third-order valence-electron chi connectivity index (χ3n) is 4.68. The Morgan fingerprint density at radius 2 is 1.85 bits per heavy atom. The van der Waals surface area contributed by atoms with E-state index in [0.29, 0.717) is 0 Å². The van der Waals surface area contributed by atoms with Crippen molar-refractivity contribution >= 4 is 11.0 Å². The summed E-state index contributed by atoms with van der Waals surface area (Å²) in [7, 11) is 0. The van der Waals surface area contributed by atoms with Crippen LogP contribution in [0.5, 0.6) is 5.75 Å². The highest BCUT2D eigenvalue weighted by Crippen LogP contribution is 2.34. The van der Waals surface area contributed by atoms with Crippen molar-refractivity contribution in [2.75, 3.05) is 0 Å². The SMILES string of the molecule is CCCc1ccc(-n2cc(-c3cccc(O)c3)c3c(C)ncnc32)cc1. The fourth-order valence-electron chi connectivity index (χ4n) is 3.41. The third-order valence-corrected chi connectivity index (χ3v) is 4.68. The molecular formula is C22H21N3O. The maximum Gasteiger partial charge on any atom is 0.148 e. The summed E-state index contributed by atoms with van der Waals surface area (Å²) >= 11 is 0. The van der Waals surface area contributed by atoms with Crippen LogP contribution in [0.3, 0.4) is 0 Å². The Morgan fingerprint density at radius 1 is 1.04 bits per heavy atom. The number of fused-ring (bicyclic) bond motifs is 1. The highest BCUT2D eigenvalue weighted by Gasteiger charge is 2.15. The van der Waals surface area contributed by atoms with Gasteiger partial charge in [-0.1, -0.05) is 37.6 Å². The minimum Gasteiger partial charge on any atom is -0.508 e. The Hall–Kier alpha value is -3.14. The number of phenols is 1. The summed E-state index contributed by atoms with van der Waals surface area (Å²) in [6.07, 6.45) is 5.91. The van der Waals surface area contributed by atoms with E-state index in [1.807, 2.05) is 19.1 Å². The van der Waals surface area contributed by atoms with E-state index < -0.39 is 0 Å². The molecule has 0 aliphatic carbocycles. The maximum absolute atomic E-state index is 9.88. The van der Waals surface area contributed by atoms with E-state index in [1.165, 1.54) is 5.56 Å². The fourth-order valence-corrected chi connectivity index (χ4v) is 3.41. The second kappa shape index (κ2) is 6.64. The monoisotopic (exact) mass is 343 g/mol. The molecule has 130 valence electrons. The number of nitrogens with zero attached hydrogens (tertiary/aromatic N) is 3. The van der Waals surface area contributed by atoms with E-state index in [-0.39, 0.29) is 5.75 Å². The van der Waals surface area contributed by atoms with E-state index in [2.05, 4.69) is 51.9 Å². The second-order valence-corrected chi connectivity index (χ2v) is 6.54. The van der Waals surface area contributed by atoms with E-state index >= 15 is 0 Å². The molecule has 0 spiro atoms. The van der Waals surface area contributed by atoms with Gasteiger partial charge < -0.3 is 9.67 Å². The standard InChI is InChI=1S/C22H21N3O/c1-3-5-16-8-10-18(11-9-16)25-13-20(17-6-4-7-19(26)12-17)21-15(2)23-14-24-22(21)25/h4,6-14,26H,3,5H2,1-2H3. The molecule has 4 aromatic rings. The molecule has 0 aliphatic rings. The van der Waals surface area contributed by atoms with Crippen molar-refractivity contribution in [3.8, 4) is 22.6 Å². The van der Waals surface area contributed by atoms with Crippen molar-refractivity contribution in [3.63, 3.8) is 0 Å². The molecule has 2 aromatic carbocycles. The van der Waals surface area contributed by atoms with Crippen LogP contribution < -0.4 is 0 Å². The smallest absolute Gasteiger partial charge is 0.148 e. The summed E-state index contributed by atoms with van der Waals surface area (Å²) in [6, 6.07) is 15.9. The molecular weight excluding hydrogens is 322 g/mol. The van der Waals surface area contributed by atoms with Gasteiger partial charge in [-0.3, -0.25) is 0 Å². The number of phenolic OH excluding ortho intramolecular Hbond substituents is 1. The molecule has 0 radical (unpaired) electrons. The van der Waals surface area contributed by atoms with Gasteiger partial charge in [0.15, 0.2) is 0 Å². The lowest BCUT2D eigenvalue weighted by Crippen LogP contribution is -1.95. The van der Waals surface area contributed by atoms with E-state index in [4.69, 9.17) is 0 Å². The first-order valence-corrected chi connectivity index (χ1v) is 8.88. The number of hydrogen-bond acceptors (Lipinski definition) is 3. The van der Waals surface area contributed by atoms with E-state index in [0.717, 1.165) is 46.4 Å². The van der Waals surface area contributed by atoms with Gasteiger partial charge in [0.05, 0.1) is 5.69 Å². The average Bonchev–Trinajstić information content (AvgIpc) is 3.04. The Morgan fingerprint density at radius 3 is 2.58 bits per heavy atom. The molecule has 4 nitrogen and oxygen atoms in total. The van der Waals surface area contributed by atoms with Gasteiger partial charge in [0.25, 0.3) is 0 Å². The van der Waals surface area contributed by atoms with Crippen LogP contribution in [0.4, 0.5) is 0 Å². The van der Waals surface area contributed by atoms with Crippen LogP contribution in [-0.2, 0) is 6.42 Å². The molecule has 0 aliphatic heterocycles. The van der Waals surface area contributed by atoms with Crippen LogP contribution in [0.1, 0.15) is 24.6 Å². The first-order valence-electron chi connectivity index (χ1n) is 8.88. The topological polar surface area (TPSA) is 50.9 Å². The summed E-state index contributed by atoms with van der Waals surface area (Å²) in [5.74, 6) is 0.252. The van der Waals surface area contributed by atoms with Gasteiger partial charge in [0.1, 0.15) is 17.7 Å². The number of benzene rings is 2. The van der Waals surface area contributed by atoms with Crippen LogP contribution in [0.25, 0.3) is 27.8 Å². The lowest BCUT2D eigenvalue weighted by molar-refractivity contribution is 0.475. The van der Waals surface area contributed by atoms with Crippen molar-refractivity contribution in [2.24, 2.45) is 0 Å². The largest absolute Gasteiger partial charge is 0.508 e. The number of aromatic hydroxyl groups is 1. The zero-order valence-electron chi connectivity index (χ0n) is 15.0. The van der Waals surface area contributed by atoms with Crippen molar-refractivity contribution < 1.29 is 5.11 Å². The summed E-state index contributed by atoms with van der Waals surface area (Å²) in [4.78, 5) is 8.91. The summed E-state index contributed by atoms with van der Waals surface area (Å²) in [5.41, 5.74) is 6.18. The molecule has 0 saturated heterocycles. The third kappa shape index (κ3) is 2.84. The second-order valence-electron chi connectivity index (χ2n) is 6.54. The highest BCUT2D eigenvalue weighted by molar-refractivity contribution is 5.96. The normalized spacial score (nSPS) is 11.2. The van der Waals surface area contributed by atoms with Crippen LogP contribution in [0.2, 0.25) is 0 Å². The number of aryl methyl sites for hydroxylation is 2. The average molecular weight is 343 g/mol. The van der Waals surface area contributed by atoms with Crippen LogP contribution in [0, 0.1) is 6.92 Å². The molecule has 0 saturated carbocycles. The zero-order chi connectivity index (χ0) is 18.1. The van der Waals surface area contributed by atoms with Gasteiger partial charge in [-0.2, -0.15) is 0 Å².